The monoisotopic (exact) mass is 304 g/mol. The van der Waals surface area contributed by atoms with E-state index in [4.69, 9.17) is 0 Å². The van der Waals surface area contributed by atoms with E-state index in [9.17, 15) is 4.79 Å². The first-order chi connectivity index (χ1) is 10.6. The second-order valence-electron chi connectivity index (χ2n) is 6.08. The molecule has 0 unspecified atom stereocenters. The molecule has 22 heavy (non-hydrogen) atoms. The van der Waals surface area contributed by atoms with Crippen molar-refractivity contribution in [1.82, 2.24) is 20.4 Å². The van der Waals surface area contributed by atoms with Crippen molar-refractivity contribution in [3.63, 3.8) is 0 Å². The van der Waals surface area contributed by atoms with Gasteiger partial charge in [0.25, 0.3) is 0 Å². The summed E-state index contributed by atoms with van der Waals surface area (Å²) in [6.07, 6.45) is 0.985. The number of nitrogens with one attached hydrogen (secondary N) is 2. The van der Waals surface area contributed by atoms with Crippen molar-refractivity contribution in [1.29, 1.82) is 0 Å². The molecule has 0 aromatic heterocycles. The smallest absolute Gasteiger partial charge is 0.315 e. The van der Waals surface area contributed by atoms with Crippen LogP contribution in [0.4, 0.5) is 4.79 Å². The second kappa shape index (κ2) is 8.15. The molecule has 1 fully saturated rings. The standard InChI is InChI=1S/C17H28N4O/c1-4-14-7-5-6-8-15(14)11-18-17(22)19-12-16-13-20(2)9-10-21(16)3/h5-8,16H,4,9-13H2,1-3H3,(H2,18,19,22)/t16-/m0/s1. The third-order valence-corrected chi connectivity index (χ3v) is 4.42. The molecule has 1 saturated heterocycles. The predicted octanol–water partition coefficient (Wildman–Crippen LogP) is 1.29. The van der Waals surface area contributed by atoms with Crippen molar-refractivity contribution in [2.24, 2.45) is 0 Å². The lowest BCUT2D eigenvalue weighted by Crippen LogP contribution is -2.55. The van der Waals surface area contributed by atoms with E-state index in [-0.39, 0.29) is 6.03 Å². The Morgan fingerprint density at radius 1 is 1.18 bits per heavy atom. The van der Waals surface area contributed by atoms with Gasteiger partial charge in [0.1, 0.15) is 0 Å². The molecule has 122 valence electrons. The summed E-state index contributed by atoms with van der Waals surface area (Å²) in [5.74, 6) is 0. The van der Waals surface area contributed by atoms with Crippen molar-refractivity contribution in [2.45, 2.75) is 25.9 Å². The lowest BCUT2D eigenvalue weighted by molar-refractivity contribution is 0.114. The van der Waals surface area contributed by atoms with Crippen LogP contribution in [0.3, 0.4) is 0 Å². The van der Waals surface area contributed by atoms with Gasteiger partial charge >= 0.3 is 6.03 Å². The van der Waals surface area contributed by atoms with Gasteiger partial charge < -0.3 is 15.5 Å². The van der Waals surface area contributed by atoms with Crippen LogP contribution in [-0.4, -0.2) is 62.1 Å². The number of rotatable bonds is 5. The van der Waals surface area contributed by atoms with Gasteiger partial charge in [-0.15, -0.1) is 0 Å². The minimum Gasteiger partial charge on any atom is -0.337 e. The van der Waals surface area contributed by atoms with E-state index < -0.39 is 0 Å². The van der Waals surface area contributed by atoms with Gasteiger partial charge in [-0.05, 0) is 31.6 Å². The van der Waals surface area contributed by atoms with E-state index in [1.807, 2.05) is 12.1 Å². The Morgan fingerprint density at radius 2 is 1.91 bits per heavy atom. The molecule has 1 heterocycles. The number of aryl methyl sites for hydroxylation is 1. The highest BCUT2D eigenvalue weighted by molar-refractivity contribution is 5.73. The zero-order valence-electron chi connectivity index (χ0n) is 13.9. The molecule has 1 aliphatic heterocycles. The largest absolute Gasteiger partial charge is 0.337 e. The molecule has 1 aromatic carbocycles. The lowest BCUT2D eigenvalue weighted by atomic mass is 10.1. The summed E-state index contributed by atoms with van der Waals surface area (Å²) in [6, 6.07) is 8.53. The predicted molar refractivity (Wildman–Crippen MR) is 90.0 cm³/mol. The van der Waals surface area contributed by atoms with Gasteiger partial charge in [0.15, 0.2) is 0 Å². The Bertz CT molecular complexity index is 491. The quantitative estimate of drug-likeness (QED) is 0.862. The van der Waals surface area contributed by atoms with Gasteiger partial charge in [0, 0.05) is 38.8 Å². The van der Waals surface area contributed by atoms with Gasteiger partial charge in [-0.3, -0.25) is 4.90 Å². The number of urea groups is 1. The van der Waals surface area contributed by atoms with Gasteiger partial charge in [0.2, 0.25) is 0 Å². The minimum absolute atomic E-state index is 0.0902. The van der Waals surface area contributed by atoms with Crippen molar-refractivity contribution in [2.75, 3.05) is 40.3 Å². The van der Waals surface area contributed by atoms with Gasteiger partial charge in [-0.1, -0.05) is 31.2 Å². The molecule has 5 heteroatoms. The molecule has 0 aliphatic carbocycles. The van der Waals surface area contributed by atoms with Crippen LogP contribution in [0.2, 0.25) is 0 Å². The van der Waals surface area contributed by atoms with Crippen molar-refractivity contribution in [3.05, 3.63) is 35.4 Å². The molecule has 5 nitrogen and oxygen atoms in total. The van der Waals surface area contributed by atoms with Crippen LogP contribution in [0, 0.1) is 0 Å². The molecule has 0 radical (unpaired) electrons. The summed E-state index contributed by atoms with van der Waals surface area (Å²) in [7, 11) is 4.25. The minimum atomic E-state index is -0.0902. The zero-order valence-corrected chi connectivity index (χ0v) is 13.9. The number of amides is 2. The maximum atomic E-state index is 12.0. The van der Waals surface area contributed by atoms with Crippen LogP contribution >= 0.6 is 0 Å². The molecule has 2 N–H and O–H groups in total. The molecule has 0 bridgehead atoms. The number of benzene rings is 1. The molecular formula is C17H28N4O. The molecule has 0 saturated carbocycles. The first-order valence-electron chi connectivity index (χ1n) is 8.07. The third-order valence-electron chi connectivity index (χ3n) is 4.42. The summed E-state index contributed by atoms with van der Waals surface area (Å²) < 4.78 is 0. The van der Waals surface area contributed by atoms with Crippen molar-refractivity contribution < 1.29 is 4.79 Å². The summed E-state index contributed by atoms with van der Waals surface area (Å²) in [5.41, 5.74) is 2.48. The first kappa shape index (κ1) is 16.8. The summed E-state index contributed by atoms with van der Waals surface area (Å²) in [6.45, 7) is 6.53. The van der Waals surface area contributed by atoms with E-state index >= 15 is 0 Å². The summed E-state index contributed by atoms with van der Waals surface area (Å²) in [5, 5.41) is 5.95. The fourth-order valence-electron chi connectivity index (χ4n) is 2.85. The molecule has 1 aromatic rings. The van der Waals surface area contributed by atoms with E-state index in [0.717, 1.165) is 26.1 Å². The number of nitrogens with zero attached hydrogens (tertiary/aromatic N) is 2. The third kappa shape index (κ3) is 4.71. The highest BCUT2D eigenvalue weighted by Gasteiger charge is 2.22. The SMILES string of the molecule is CCc1ccccc1CNC(=O)NC[C@H]1CN(C)CCN1C. The first-order valence-corrected chi connectivity index (χ1v) is 8.07. The van der Waals surface area contributed by atoms with Crippen LogP contribution in [0.5, 0.6) is 0 Å². The average Bonchev–Trinajstić information content (AvgIpc) is 2.54. The normalized spacial score (nSPS) is 19.9. The molecule has 1 aliphatic rings. The van der Waals surface area contributed by atoms with Gasteiger partial charge in [-0.2, -0.15) is 0 Å². The van der Waals surface area contributed by atoms with Crippen LogP contribution in [0.25, 0.3) is 0 Å². The average molecular weight is 304 g/mol. The van der Waals surface area contributed by atoms with Crippen LogP contribution in [0.15, 0.2) is 24.3 Å². The lowest BCUT2D eigenvalue weighted by Gasteiger charge is -2.37. The number of hydrogen-bond donors (Lipinski definition) is 2. The topological polar surface area (TPSA) is 47.6 Å². The van der Waals surface area contributed by atoms with Crippen molar-refractivity contribution in [3.8, 4) is 0 Å². The van der Waals surface area contributed by atoms with Crippen LogP contribution in [0.1, 0.15) is 18.1 Å². The van der Waals surface area contributed by atoms with Gasteiger partial charge in [0.05, 0.1) is 0 Å². The summed E-state index contributed by atoms with van der Waals surface area (Å²) in [4.78, 5) is 16.6. The number of carbonyl (C=O) groups excluding carboxylic acids is 1. The Kier molecular flexibility index (Phi) is 6.21. The van der Waals surface area contributed by atoms with Crippen LogP contribution < -0.4 is 10.6 Å². The fraction of sp³-hybridized carbons (Fsp3) is 0.588. The van der Waals surface area contributed by atoms with Crippen LogP contribution in [-0.2, 0) is 13.0 Å². The number of carbonyl (C=O) groups is 1. The van der Waals surface area contributed by atoms with E-state index in [1.54, 1.807) is 0 Å². The zero-order chi connectivity index (χ0) is 15.9. The Labute approximate surface area is 133 Å². The van der Waals surface area contributed by atoms with Crippen molar-refractivity contribution >= 4 is 6.03 Å². The maximum absolute atomic E-state index is 12.0. The van der Waals surface area contributed by atoms with Gasteiger partial charge in [-0.25, -0.2) is 4.79 Å². The highest BCUT2D eigenvalue weighted by atomic mass is 16.2. The van der Waals surface area contributed by atoms with E-state index in [0.29, 0.717) is 19.1 Å². The number of likely N-dealkylation sites (N-methyl/N-ethyl adjacent to an activating group) is 2. The molecule has 0 spiro atoms. The Hall–Kier alpha value is -1.59. The molecule has 1 atom stereocenters. The summed E-state index contributed by atoms with van der Waals surface area (Å²) >= 11 is 0. The Balaban J connectivity index is 1.76. The number of hydrogen-bond acceptors (Lipinski definition) is 3. The fourth-order valence-corrected chi connectivity index (χ4v) is 2.85. The number of piperazine rings is 1. The Morgan fingerprint density at radius 3 is 2.64 bits per heavy atom. The van der Waals surface area contributed by atoms with E-state index in [1.165, 1.54) is 11.1 Å². The molecule has 2 amide bonds. The second-order valence-corrected chi connectivity index (χ2v) is 6.08. The maximum Gasteiger partial charge on any atom is 0.315 e. The van der Waals surface area contributed by atoms with E-state index in [2.05, 4.69) is 53.6 Å². The molecular weight excluding hydrogens is 276 g/mol. The molecule has 2 rings (SSSR count). The highest BCUT2D eigenvalue weighted by Crippen LogP contribution is 2.09.